The van der Waals surface area contributed by atoms with Gasteiger partial charge in [0.25, 0.3) is 0 Å². The smallest absolute Gasteiger partial charge is 0.186 e. The number of aryl methyl sites for hydroxylation is 1. The van der Waals surface area contributed by atoms with Crippen LogP contribution >= 0.6 is 11.3 Å². The van der Waals surface area contributed by atoms with Crippen molar-refractivity contribution in [1.29, 1.82) is 0 Å². The molecule has 1 saturated heterocycles. The normalized spacial score (nSPS) is 28.0. The van der Waals surface area contributed by atoms with E-state index in [0.717, 1.165) is 6.42 Å². The van der Waals surface area contributed by atoms with Crippen molar-refractivity contribution in [2.24, 2.45) is 5.73 Å². The van der Waals surface area contributed by atoms with Crippen molar-refractivity contribution in [1.82, 2.24) is 4.98 Å². The van der Waals surface area contributed by atoms with Gasteiger partial charge < -0.3 is 10.6 Å². The quantitative estimate of drug-likeness (QED) is 0.898. The molecule has 2 unspecified atom stereocenters. The van der Waals surface area contributed by atoms with Crippen LogP contribution in [0.2, 0.25) is 0 Å². The van der Waals surface area contributed by atoms with Crippen molar-refractivity contribution in [3.05, 3.63) is 10.6 Å². The van der Waals surface area contributed by atoms with Crippen LogP contribution in [0.15, 0.2) is 0 Å². The van der Waals surface area contributed by atoms with Crippen LogP contribution in [0, 0.1) is 0 Å². The van der Waals surface area contributed by atoms with Gasteiger partial charge in [0.2, 0.25) is 0 Å². The van der Waals surface area contributed by atoms with E-state index in [-0.39, 0.29) is 6.04 Å². The number of hydrogen-bond acceptors (Lipinski definition) is 4. The lowest BCUT2D eigenvalue weighted by molar-refractivity contribution is 0.547. The lowest BCUT2D eigenvalue weighted by Gasteiger charge is -2.28. The fourth-order valence-corrected chi connectivity index (χ4v) is 4.69. The lowest BCUT2D eigenvalue weighted by atomic mass is 9.99. The third kappa shape index (κ3) is 2.65. The predicted octanol–water partition coefficient (Wildman–Crippen LogP) is 3.64. The van der Waals surface area contributed by atoms with Crippen molar-refractivity contribution in [2.75, 3.05) is 11.4 Å². The first-order chi connectivity index (χ1) is 9.29. The van der Waals surface area contributed by atoms with E-state index >= 15 is 0 Å². The maximum atomic E-state index is 6.21. The van der Waals surface area contributed by atoms with Gasteiger partial charge in [-0.05, 0) is 38.5 Å². The number of fused-ring (bicyclic) bond motifs is 1. The lowest BCUT2D eigenvalue weighted by Crippen LogP contribution is -2.34. The molecule has 0 saturated carbocycles. The highest BCUT2D eigenvalue weighted by atomic mass is 32.1. The summed E-state index contributed by atoms with van der Waals surface area (Å²) in [6.45, 7) is 3.49. The van der Waals surface area contributed by atoms with Crippen molar-refractivity contribution in [2.45, 2.75) is 70.4 Å². The second-order valence-corrected chi connectivity index (χ2v) is 6.97. The number of anilines is 1. The Morgan fingerprint density at radius 3 is 2.95 bits per heavy atom. The average molecular weight is 279 g/mol. The highest BCUT2D eigenvalue weighted by Crippen LogP contribution is 2.37. The zero-order valence-corrected chi connectivity index (χ0v) is 12.7. The Bertz CT molecular complexity index is 429. The first-order valence-corrected chi connectivity index (χ1v) is 8.63. The minimum atomic E-state index is 0.181. The molecule has 2 heterocycles. The molecule has 4 heteroatoms. The van der Waals surface area contributed by atoms with E-state index in [1.165, 1.54) is 67.2 Å². The van der Waals surface area contributed by atoms with Gasteiger partial charge in [-0.15, -0.1) is 11.3 Å². The molecule has 3 nitrogen and oxygen atoms in total. The summed E-state index contributed by atoms with van der Waals surface area (Å²) in [5, 5.41) is 1.25. The van der Waals surface area contributed by atoms with Crippen molar-refractivity contribution in [3.8, 4) is 0 Å². The fraction of sp³-hybridized carbons (Fsp3) is 0.800. The minimum Gasteiger partial charge on any atom is -0.345 e. The molecule has 0 radical (unpaired) electrons. The Labute approximate surface area is 120 Å². The van der Waals surface area contributed by atoms with E-state index in [4.69, 9.17) is 10.7 Å². The summed E-state index contributed by atoms with van der Waals surface area (Å²) in [5.74, 6) is 0. The summed E-state index contributed by atoms with van der Waals surface area (Å²) in [6, 6.07) is 0.868. The van der Waals surface area contributed by atoms with Gasteiger partial charge in [-0.2, -0.15) is 0 Å². The molecule has 0 bridgehead atoms. The minimum absolute atomic E-state index is 0.181. The zero-order valence-electron chi connectivity index (χ0n) is 11.9. The highest BCUT2D eigenvalue weighted by molar-refractivity contribution is 7.15. The van der Waals surface area contributed by atoms with Gasteiger partial charge >= 0.3 is 0 Å². The molecule has 2 aliphatic rings. The Balaban J connectivity index is 1.87. The largest absolute Gasteiger partial charge is 0.345 e. The second-order valence-electron chi connectivity index (χ2n) is 5.91. The van der Waals surface area contributed by atoms with Crippen LogP contribution in [-0.4, -0.2) is 17.6 Å². The van der Waals surface area contributed by atoms with Gasteiger partial charge in [-0.3, -0.25) is 0 Å². The summed E-state index contributed by atoms with van der Waals surface area (Å²) in [4.78, 5) is 8.94. The average Bonchev–Trinajstić information content (AvgIpc) is 2.71. The number of nitrogens with two attached hydrogens (primary N) is 1. The van der Waals surface area contributed by atoms with E-state index in [1.807, 2.05) is 11.3 Å². The molecule has 0 aromatic carbocycles. The number of nitrogens with zero attached hydrogens (tertiary/aromatic N) is 2. The van der Waals surface area contributed by atoms with Crippen molar-refractivity contribution >= 4 is 16.5 Å². The Morgan fingerprint density at radius 1 is 1.26 bits per heavy atom. The molecule has 1 aliphatic heterocycles. The van der Waals surface area contributed by atoms with E-state index in [9.17, 15) is 0 Å². The zero-order chi connectivity index (χ0) is 13.2. The van der Waals surface area contributed by atoms with E-state index < -0.39 is 0 Å². The monoisotopic (exact) mass is 279 g/mol. The molecule has 1 aromatic rings. The summed E-state index contributed by atoms with van der Waals surface area (Å²) in [6.07, 6.45) is 10.1. The third-order valence-electron chi connectivity index (χ3n) is 4.58. The van der Waals surface area contributed by atoms with E-state index in [2.05, 4.69) is 11.8 Å². The van der Waals surface area contributed by atoms with Gasteiger partial charge in [0, 0.05) is 23.5 Å². The topological polar surface area (TPSA) is 42.2 Å². The molecule has 2 N–H and O–H groups in total. The summed E-state index contributed by atoms with van der Waals surface area (Å²) < 4.78 is 0. The highest BCUT2D eigenvalue weighted by Gasteiger charge is 2.27. The molecule has 2 atom stereocenters. The predicted molar refractivity (Wildman–Crippen MR) is 81.9 cm³/mol. The molecular formula is C15H25N3S. The van der Waals surface area contributed by atoms with Gasteiger partial charge in [0.1, 0.15) is 0 Å². The molecule has 1 aromatic heterocycles. The van der Waals surface area contributed by atoms with Crippen LogP contribution < -0.4 is 10.6 Å². The molecule has 0 spiro atoms. The maximum Gasteiger partial charge on any atom is 0.186 e. The number of hydrogen-bond donors (Lipinski definition) is 1. The molecule has 19 heavy (non-hydrogen) atoms. The van der Waals surface area contributed by atoms with Gasteiger partial charge in [0.05, 0.1) is 5.69 Å². The standard InChI is InChI=1S/C15H25N3S/c1-2-11-7-4-3-5-10-18(11)15-17-14-12(16)8-6-9-13(14)19-15/h11-12H,2-10,16H2,1H3. The van der Waals surface area contributed by atoms with E-state index in [0.29, 0.717) is 6.04 Å². The maximum absolute atomic E-state index is 6.21. The van der Waals surface area contributed by atoms with Gasteiger partial charge in [0.15, 0.2) is 5.13 Å². The first-order valence-electron chi connectivity index (χ1n) is 7.81. The summed E-state index contributed by atoms with van der Waals surface area (Å²) in [7, 11) is 0. The van der Waals surface area contributed by atoms with Crippen LogP contribution in [0.1, 0.15) is 68.5 Å². The van der Waals surface area contributed by atoms with Crippen molar-refractivity contribution in [3.63, 3.8) is 0 Å². The van der Waals surface area contributed by atoms with E-state index in [1.54, 1.807) is 0 Å². The number of thiazole rings is 1. The number of rotatable bonds is 2. The molecule has 1 aliphatic carbocycles. The Morgan fingerprint density at radius 2 is 2.16 bits per heavy atom. The Hall–Kier alpha value is -0.610. The van der Waals surface area contributed by atoms with Crippen molar-refractivity contribution < 1.29 is 0 Å². The van der Waals surface area contributed by atoms with Crippen LogP contribution in [0.5, 0.6) is 0 Å². The molecule has 106 valence electrons. The van der Waals surface area contributed by atoms with Crippen LogP contribution in [0.3, 0.4) is 0 Å². The number of aromatic nitrogens is 1. The van der Waals surface area contributed by atoms with Crippen LogP contribution in [-0.2, 0) is 6.42 Å². The van der Waals surface area contributed by atoms with Crippen LogP contribution in [0.4, 0.5) is 5.13 Å². The SMILES string of the molecule is CCC1CCCCCN1c1nc2c(s1)CCCC2N. The second kappa shape index (κ2) is 5.80. The molecule has 3 rings (SSSR count). The molecular weight excluding hydrogens is 254 g/mol. The van der Waals surface area contributed by atoms with Crippen LogP contribution in [0.25, 0.3) is 0 Å². The molecule has 1 fully saturated rings. The fourth-order valence-electron chi connectivity index (χ4n) is 3.42. The van der Waals surface area contributed by atoms with Gasteiger partial charge in [-0.25, -0.2) is 4.98 Å². The first kappa shape index (κ1) is 13.4. The third-order valence-corrected chi connectivity index (χ3v) is 5.75. The summed E-state index contributed by atoms with van der Waals surface area (Å²) >= 11 is 1.91. The summed E-state index contributed by atoms with van der Waals surface area (Å²) in [5.41, 5.74) is 7.41. The molecule has 0 amide bonds. The van der Waals surface area contributed by atoms with Gasteiger partial charge in [-0.1, -0.05) is 19.8 Å². The Kier molecular flexibility index (Phi) is 4.08.